The molecule has 0 spiro atoms. The van der Waals surface area contributed by atoms with E-state index in [0.717, 1.165) is 25.7 Å². The highest BCUT2D eigenvalue weighted by molar-refractivity contribution is 5.15. The van der Waals surface area contributed by atoms with Gasteiger partial charge in [0.1, 0.15) is 0 Å². The van der Waals surface area contributed by atoms with Crippen LogP contribution in [0.2, 0.25) is 0 Å². The van der Waals surface area contributed by atoms with E-state index in [1.54, 1.807) is 0 Å². The third-order valence-corrected chi connectivity index (χ3v) is 3.33. The molecule has 1 aliphatic carbocycles. The first-order valence-electron chi connectivity index (χ1n) is 7.05. The maximum absolute atomic E-state index is 9.17. The Morgan fingerprint density at radius 3 is 2.68 bits per heavy atom. The quantitative estimate of drug-likeness (QED) is 0.665. The highest BCUT2D eigenvalue weighted by Gasteiger charge is 2.20. The minimum Gasteiger partial charge on any atom is -0.395 e. The van der Waals surface area contributed by atoms with E-state index in [4.69, 9.17) is 5.11 Å². The van der Waals surface area contributed by atoms with E-state index >= 15 is 0 Å². The molecule has 0 amide bonds. The maximum Gasteiger partial charge on any atom is 0.0558 e. The van der Waals surface area contributed by atoms with Gasteiger partial charge in [0.25, 0.3) is 0 Å². The van der Waals surface area contributed by atoms with Crippen molar-refractivity contribution < 1.29 is 5.11 Å². The molecule has 0 saturated heterocycles. The second-order valence-electron chi connectivity index (χ2n) is 5.33. The van der Waals surface area contributed by atoms with Gasteiger partial charge in [-0.1, -0.05) is 36.9 Å². The Labute approximate surface area is 115 Å². The van der Waals surface area contributed by atoms with Crippen LogP contribution >= 0.6 is 0 Å². The second kappa shape index (κ2) is 7.43. The van der Waals surface area contributed by atoms with Crippen molar-refractivity contribution in [3.8, 4) is 0 Å². The lowest BCUT2D eigenvalue weighted by molar-refractivity contribution is 0.200. The Bertz CT molecular complexity index is 387. The van der Waals surface area contributed by atoms with Crippen molar-refractivity contribution in [2.45, 2.75) is 25.4 Å². The molecule has 0 atom stereocenters. The standard InChI is InChI=1S/C16H24N2O/c1-14(11-17-16-7-8-16)12-18(9-10-19)13-15-5-3-2-4-6-15/h2-6,16-17,19H,1,7-13H2. The number of rotatable bonds is 9. The summed E-state index contributed by atoms with van der Waals surface area (Å²) in [6.07, 6.45) is 2.61. The molecule has 1 saturated carbocycles. The first kappa shape index (κ1) is 14.3. The van der Waals surface area contributed by atoms with Crippen molar-refractivity contribution in [1.82, 2.24) is 10.2 Å². The Morgan fingerprint density at radius 1 is 1.32 bits per heavy atom. The van der Waals surface area contributed by atoms with E-state index in [2.05, 4.69) is 41.1 Å². The van der Waals surface area contributed by atoms with Crippen LogP contribution in [-0.2, 0) is 6.54 Å². The van der Waals surface area contributed by atoms with Crippen LogP contribution in [0.4, 0.5) is 0 Å². The van der Waals surface area contributed by atoms with Gasteiger partial charge in [-0.15, -0.1) is 0 Å². The molecule has 104 valence electrons. The molecule has 0 aromatic heterocycles. The minimum absolute atomic E-state index is 0.191. The molecule has 1 aromatic carbocycles. The molecule has 0 bridgehead atoms. The van der Waals surface area contributed by atoms with Crippen LogP contribution in [0.15, 0.2) is 42.5 Å². The fourth-order valence-corrected chi connectivity index (χ4v) is 2.15. The predicted molar refractivity (Wildman–Crippen MR) is 79.0 cm³/mol. The van der Waals surface area contributed by atoms with E-state index in [-0.39, 0.29) is 6.61 Å². The molecule has 1 aliphatic rings. The number of hydrogen-bond donors (Lipinski definition) is 2. The summed E-state index contributed by atoms with van der Waals surface area (Å²) in [7, 11) is 0. The van der Waals surface area contributed by atoms with Crippen LogP contribution < -0.4 is 5.32 Å². The van der Waals surface area contributed by atoms with Crippen molar-refractivity contribution in [3.05, 3.63) is 48.0 Å². The molecule has 0 aliphatic heterocycles. The Balaban J connectivity index is 1.78. The summed E-state index contributed by atoms with van der Waals surface area (Å²) in [5.74, 6) is 0. The van der Waals surface area contributed by atoms with Crippen LogP contribution in [-0.4, -0.2) is 42.3 Å². The Hall–Kier alpha value is -1.16. The average Bonchev–Trinajstić information content (AvgIpc) is 3.22. The summed E-state index contributed by atoms with van der Waals surface area (Å²) in [4.78, 5) is 2.24. The van der Waals surface area contributed by atoms with Gasteiger partial charge in [0, 0.05) is 32.2 Å². The molecule has 1 fully saturated rings. The summed E-state index contributed by atoms with van der Waals surface area (Å²) in [6.45, 7) is 7.61. The lowest BCUT2D eigenvalue weighted by atomic mass is 10.2. The number of hydrogen-bond acceptors (Lipinski definition) is 3. The van der Waals surface area contributed by atoms with Crippen molar-refractivity contribution in [3.63, 3.8) is 0 Å². The number of benzene rings is 1. The molecule has 19 heavy (non-hydrogen) atoms. The maximum atomic E-state index is 9.17. The molecular weight excluding hydrogens is 236 g/mol. The topological polar surface area (TPSA) is 35.5 Å². The fraction of sp³-hybridized carbons (Fsp3) is 0.500. The molecule has 0 unspecified atom stereocenters. The molecule has 2 rings (SSSR count). The third kappa shape index (κ3) is 5.55. The van der Waals surface area contributed by atoms with Gasteiger partial charge in [0.2, 0.25) is 0 Å². The Kier molecular flexibility index (Phi) is 5.58. The van der Waals surface area contributed by atoms with E-state index < -0.39 is 0 Å². The molecule has 1 aromatic rings. The van der Waals surface area contributed by atoms with Gasteiger partial charge in [-0.25, -0.2) is 0 Å². The lowest BCUT2D eigenvalue weighted by Crippen LogP contribution is -2.31. The van der Waals surface area contributed by atoms with E-state index in [0.29, 0.717) is 6.54 Å². The van der Waals surface area contributed by atoms with Crippen molar-refractivity contribution in [2.75, 3.05) is 26.2 Å². The highest BCUT2D eigenvalue weighted by Crippen LogP contribution is 2.18. The van der Waals surface area contributed by atoms with Crippen molar-refractivity contribution >= 4 is 0 Å². The first-order chi connectivity index (χ1) is 9.28. The second-order valence-corrected chi connectivity index (χ2v) is 5.33. The highest BCUT2D eigenvalue weighted by atomic mass is 16.3. The summed E-state index contributed by atoms with van der Waals surface area (Å²) >= 11 is 0. The van der Waals surface area contributed by atoms with Gasteiger partial charge in [0.05, 0.1) is 6.61 Å². The number of nitrogens with zero attached hydrogens (tertiary/aromatic N) is 1. The van der Waals surface area contributed by atoms with Gasteiger partial charge in [0.15, 0.2) is 0 Å². The lowest BCUT2D eigenvalue weighted by Gasteiger charge is -2.22. The number of aliphatic hydroxyl groups is 1. The number of aliphatic hydroxyl groups excluding tert-OH is 1. The molecule has 2 N–H and O–H groups in total. The van der Waals surface area contributed by atoms with Crippen LogP contribution in [0, 0.1) is 0 Å². The van der Waals surface area contributed by atoms with Gasteiger partial charge in [-0.05, 0) is 24.0 Å². The molecular formula is C16H24N2O. The SMILES string of the molecule is C=C(CNC1CC1)CN(CCO)Cc1ccccc1. The fourth-order valence-electron chi connectivity index (χ4n) is 2.15. The smallest absolute Gasteiger partial charge is 0.0558 e. The average molecular weight is 260 g/mol. The van der Waals surface area contributed by atoms with E-state index in [9.17, 15) is 0 Å². The van der Waals surface area contributed by atoms with Crippen LogP contribution in [0.25, 0.3) is 0 Å². The summed E-state index contributed by atoms with van der Waals surface area (Å²) in [6, 6.07) is 11.1. The zero-order valence-corrected chi connectivity index (χ0v) is 11.5. The first-order valence-corrected chi connectivity index (χ1v) is 7.05. The Morgan fingerprint density at radius 2 is 2.05 bits per heavy atom. The largest absolute Gasteiger partial charge is 0.395 e. The minimum atomic E-state index is 0.191. The van der Waals surface area contributed by atoms with Crippen LogP contribution in [0.1, 0.15) is 18.4 Å². The zero-order chi connectivity index (χ0) is 13.5. The van der Waals surface area contributed by atoms with Gasteiger partial charge >= 0.3 is 0 Å². The van der Waals surface area contributed by atoms with Crippen LogP contribution in [0.3, 0.4) is 0 Å². The normalized spacial score (nSPS) is 14.8. The van der Waals surface area contributed by atoms with Gasteiger partial charge in [-0.2, -0.15) is 0 Å². The summed E-state index contributed by atoms with van der Waals surface area (Å²) < 4.78 is 0. The molecule has 3 nitrogen and oxygen atoms in total. The third-order valence-electron chi connectivity index (χ3n) is 3.33. The summed E-state index contributed by atoms with van der Waals surface area (Å²) in [5, 5.41) is 12.6. The molecule has 0 radical (unpaired) electrons. The van der Waals surface area contributed by atoms with Crippen molar-refractivity contribution in [1.29, 1.82) is 0 Å². The zero-order valence-electron chi connectivity index (χ0n) is 11.5. The predicted octanol–water partition coefficient (Wildman–Crippen LogP) is 1.79. The van der Waals surface area contributed by atoms with Crippen LogP contribution in [0.5, 0.6) is 0 Å². The van der Waals surface area contributed by atoms with Crippen molar-refractivity contribution in [2.24, 2.45) is 0 Å². The monoisotopic (exact) mass is 260 g/mol. The van der Waals surface area contributed by atoms with E-state index in [1.807, 2.05) is 6.07 Å². The molecule has 3 heteroatoms. The number of nitrogens with one attached hydrogen (secondary N) is 1. The summed E-state index contributed by atoms with van der Waals surface area (Å²) in [5.41, 5.74) is 2.47. The van der Waals surface area contributed by atoms with E-state index in [1.165, 1.54) is 24.0 Å². The molecule has 0 heterocycles. The van der Waals surface area contributed by atoms with Gasteiger partial charge in [-0.3, -0.25) is 4.90 Å². The van der Waals surface area contributed by atoms with Gasteiger partial charge < -0.3 is 10.4 Å².